The van der Waals surface area contributed by atoms with E-state index in [2.05, 4.69) is 22.7 Å². The molecule has 3 N–H and O–H groups in total. The molecule has 0 fully saturated rings. The third kappa shape index (κ3) is 3.16. The molecule has 0 saturated carbocycles. The molecule has 0 saturated heterocycles. The second-order valence-electron chi connectivity index (χ2n) is 6.41. The number of rotatable bonds is 5. The van der Waals surface area contributed by atoms with Crippen LogP contribution in [-0.4, -0.2) is 27.0 Å². The number of nitrogens with zero attached hydrogens (tertiary/aromatic N) is 4. The van der Waals surface area contributed by atoms with Gasteiger partial charge in [0.25, 0.3) is 0 Å². The van der Waals surface area contributed by atoms with E-state index in [0.717, 1.165) is 11.1 Å². The highest BCUT2D eigenvalue weighted by atomic mass is 16.5. The van der Waals surface area contributed by atoms with Gasteiger partial charge in [0.05, 0.1) is 19.0 Å². The molecule has 2 heterocycles. The maximum Gasteiger partial charge on any atom is 0.161 e. The molecule has 0 amide bonds. The van der Waals surface area contributed by atoms with Crippen molar-refractivity contribution in [2.75, 3.05) is 12.8 Å². The number of aryl methyl sites for hydroxylation is 1. The third-order valence-electron chi connectivity index (χ3n) is 4.59. The summed E-state index contributed by atoms with van der Waals surface area (Å²) in [5.74, 6) is 0.507. The molecule has 0 bridgehead atoms. The maximum absolute atomic E-state index is 10.4. The second-order valence-corrected chi connectivity index (χ2v) is 6.41. The first-order valence-electron chi connectivity index (χ1n) is 8.61. The van der Waals surface area contributed by atoms with Gasteiger partial charge in [-0.15, -0.1) is 6.58 Å². The van der Waals surface area contributed by atoms with Crippen molar-refractivity contribution >= 4 is 5.82 Å². The molecule has 0 aliphatic carbocycles. The average molecular weight is 375 g/mol. The van der Waals surface area contributed by atoms with Crippen LogP contribution in [0.5, 0.6) is 11.5 Å². The molecule has 7 nitrogen and oxygen atoms in total. The van der Waals surface area contributed by atoms with E-state index in [1.807, 2.05) is 26.2 Å². The fraction of sp³-hybridized carbons (Fsp3) is 0.190. The quantitative estimate of drug-likeness (QED) is 0.662. The van der Waals surface area contributed by atoms with Gasteiger partial charge in [0, 0.05) is 29.9 Å². The lowest BCUT2D eigenvalue weighted by molar-refractivity contribution is 0.371. The monoisotopic (exact) mass is 375 g/mol. The number of hydrogen-bond acceptors (Lipinski definition) is 6. The van der Waals surface area contributed by atoms with Crippen LogP contribution in [0, 0.1) is 18.3 Å². The van der Waals surface area contributed by atoms with Gasteiger partial charge in [0.2, 0.25) is 0 Å². The van der Waals surface area contributed by atoms with Crippen LogP contribution in [-0.2, 0) is 13.5 Å². The number of nitriles is 1. The summed E-state index contributed by atoms with van der Waals surface area (Å²) in [6, 6.07) is 5.67. The van der Waals surface area contributed by atoms with E-state index in [0.29, 0.717) is 34.6 Å². The van der Waals surface area contributed by atoms with Gasteiger partial charge in [-0.25, -0.2) is 4.98 Å². The minimum absolute atomic E-state index is 0.0526. The van der Waals surface area contributed by atoms with E-state index in [1.165, 1.54) is 7.11 Å². The number of aromatic hydroxyl groups is 1. The Balaban J connectivity index is 2.35. The Hall–Kier alpha value is -3.79. The smallest absolute Gasteiger partial charge is 0.161 e. The summed E-state index contributed by atoms with van der Waals surface area (Å²) in [5, 5.41) is 24.3. The van der Waals surface area contributed by atoms with E-state index in [-0.39, 0.29) is 17.1 Å². The van der Waals surface area contributed by atoms with E-state index in [4.69, 9.17) is 10.5 Å². The van der Waals surface area contributed by atoms with E-state index >= 15 is 0 Å². The highest BCUT2D eigenvalue weighted by Gasteiger charge is 2.21. The Morgan fingerprint density at radius 2 is 2.14 bits per heavy atom. The van der Waals surface area contributed by atoms with Crippen LogP contribution in [0.4, 0.5) is 5.82 Å². The summed E-state index contributed by atoms with van der Waals surface area (Å²) in [4.78, 5) is 4.44. The SMILES string of the molecule is C=CCc1cc(-c2c(C)c(-c3cnn(C)c3)nc(N)c2C#N)cc(OC)c1O. The summed E-state index contributed by atoms with van der Waals surface area (Å²) in [5.41, 5.74) is 10.6. The predicted molar refractivity (Wildman–Crippen MR) is 108 cm³/mol. The Bertz CT molecular complexity index is 1110. The summed E-state index contributed by atoms with van der Waals surface area (Å²) in [6.07, 6.45) is 5.68. The number of aromatic nitrogens is 3. The predicted octanol–water partition coefficient (Wildman–Crippen LogP) is 3.35. The first-order valence-corrected chi connectivity index (χ1v) is 8.61. The minimum Gasteiger partial charge on any atom is -0.504 e. The Kier molecular flexibility index (Phi) is 5.05. The number of nitrogen functional groups attached to an aromatic ring is 1. The Morgan fingerprint density at radius 3 is 2.71 bits per heavy atom. The highest BCUT2D eigenvalue weighted by Crippen LogP contribution is 2.41. The van der Waals surface area contributed by atoms with Crippen LogP contribution >= 0.6 is 0 Å². The number of nitrogens with two attached hydrogens (primary N) is 1. The minimum atomic E-state index is 0.0526. The van der Waals surface area contributed by atoms with Gasteiger partial charge < -0.3 is 15.6 Å². The number of phenolic OH excluding ortho intramolecular Hbond substituents is 1. The van der Waals surface area contributed by atoms with E-state index in [9.17, 15) is 10.4 Å². The molecule has 0 aliphatic heterocycles. The van der Waals surface area contributed by atoms with Crippen molar-refractivity contribution in [3.05, 3.63) is 53.9 Å². The first-order chi connectivity index (χ1) is 13.4. The van der Waals surface area contributed by atoms with Gasteiger partial charge in [-0.2, -0.15) is 10.4 Å². The number of hydrogen-bond donors (Lipinski definition) is 2. The molecule has 2 aromatic heterocycles. The molecule has 1 aromatic carbocycles. The summed E-state index contributed by atoms with van der Waals surface area (Å²) in [6.45, 7) is 5.62. The van der Waals surface area contributed by atoms with Crippen molar-refractivity contribution in [3.8, 4) is 40.0 Å². The van der Waals surface area contributed by atoms with E-state index in [1.54, 1.807) is 23.0 Å². The number of ether oxygens (including phenoxy) is 1. The van der Waals surface area contributed by atoms with Gasteiger partial charge >= 0.3 is 0 Å². The zero-order valence-electron chi connectivity index (χ0n) is 16.0. The normalized spacial score (nSPS) is 10.5. The largest absolute Gasteiger partial charge is 0.504 e. The zero-order valence-corrected chi connectivity index (χ0v) is 16.0. The zero-order chi connectivity index (χ0) is 20.4. The summed E-state index contributed by atoms with van der Waals surface area (Å²) in [7, 11) is 3.30. The lowest BCUT2D eigenvalue weighted by Crippen LogP contribution is -2.03. The lowest BCUT2D eigenvalue weighted by atomic mass is 9.91. The van der Waals surface area contributed by atoms with Crippen molar-refractivity contribution in [2.45, 2.75) is 13.3 Å². The lowest BCUT2D eigenvalue weighted by Gasteiger charge is -2.17. The number of phenols is 1. The Morgan fingerprint density at radius 1 is 1.39 bits per heavy atom. The van der Waals surface area contributed by atoms with Crippen molar-refractivity contribution in [1.29, 1.82) is 5.26 Å². The molecular formula is C21H21N5O2. The third-order valence-corrected chi connectivity index (χ3v) is 4.59. The standard InChI is InChI=1S/C21H21N5O2/c1-5-6-13-7-14(8-17(28-4)20(13)27)18-12(2)19(15-10-24-26(3)11-15)25-21(23)16(18)9-22/h5,7-8,10-11,27H,1,6H2,2-4H3,(H2,23,25). The number of allylic oxidation sites excluding steroid dienone is 1. The number of benzene rings is 1. The van der Waals surface area contributed by atoms with Crippen molar-refractivity contribution in [2.24, 2.45) is 7.05 Å². The average Bonchev–Trinajstić information content (AvgIpc) is 3.11. The Labute approximate surface area is 163 Å². The molecule has 0 radical (unpaired) electrons. The van der Waals surface area contributed by atoms with Gasteiger partial charge in [-0.05, 0) is 36.6 Å². The van der Waals surface area contributed by atoms with Gasteiger partial charge in [0.15, 0.2) is 11.5 Å². The first kappa shape index (κ1) is 19.0. The molecule has 0 unspecified atom stereocenters. The number of methoxy groups -OCH3 is 1. The van der Waals surface area contributed by atoms with Crippen LogP contribution in [0.15, 0.2) is 37.2 Å². The molecule has 7 heteroatoms. The molecular weight excluding hydrogens is 354 g/mol. The van der Waals surface area contributed by atoms with E-state index < -0.39 is 0 Å². The fourth-order valence-electron chi connectivity index (χ4n) is 3.27. The van der Waals surface area contributed by atoms with Crippen LogP contribution in [0.2, 0.25) is 0 Å². The molecule has 3 rings (SSSR count). The molecule has 28 heavy (non-hydrogen) atoms. The van der Waals surface area contributed by atoms with Crippen LogP contribution in [0.25, 0.3) is 22.4 Å². The fourth-order valence-corrected chi connectivity index (χ4v) is 3.27. The van der Waals surface area contributed by atoms with Crippen molar-refractivity contribution in [3.63, 3.8) is 0 Å². The highest BCUT2D eigenvalue weighted by molar-refractivity contribution is 5.85. The second kappa shape index (κ2) is 7.45. The number of anilines is 1. The molecule has 3 aromatic rings. The number of pyridine rings is 1. The van der Waals surface area contributed by atoms with Gasteiger partial charge in [0.1, 0.15) is 17.5 Å². The summed E-state index contributed by atoms with van der Waals surface area (Å²) >= 11 is 0. The molecule has 0 atom stereocenters. The van der Waals surface area contributed by atoms with Gasteiger partial charge in [-0.1, -0.05) is 6.08 Å². The maximum atomic E-state index is 10.4. The van der Waals surface area contributed by atoms with Crippen LogP contribution in [0.1, 0.15) is 16.7 Å². The molecule has 142 valence electrons. The van der Waals surface area contributed by atoms with Crippen molar-refractivity contribution in [1.82, 2.24) is 14.8 Å². The van der Waals surface area contributed by atoms with Crippen LogP contribution < -0.4 is 10.5 Å². The molecule has 0 spiro atoms. The van der Waals surface area contributed by atoms with Crippen LogP contribution in [0.3, 0.4) is 0 Å². The van der Waals surface area contributed by atoms with Gasteiger partial charge in [-0.3, -0.25) is 4.68 Å². The summed E-state index contributed by atoms with van der Waals surface area (Å²) < 4.78 is 7.01. The van der Waals surface area contributed by atoms with Crippen molar-refractivity contribution < 1.29 is 9.84 Å². The topological polar surface area (TPSA) is 110 Å². The molecule has 0 aliphatic rings.